The normalized spacial score (nSPS) is 20.2. The van der Waals surface area contributed by atoms with Gasteiger partial charge in [0, 0.05) is 6.04 Å². The molecule has 25 heavy (non-hydrogen) atoms. The van der Waals surface area contributed by atoms with Gasteiger partial charge in [-0.1, -0.05) is 0 Å². The first-order valence-corrected chi connectivity index (χ1v) is 8.05. The lowest BCUT2D eigenvalue weighted by atomic mass is 10.2. The van der Waals surface area contributed by atoms with Crippen molar-refractivity contribution in [1.29, 1.82) is 0 Å². The average Bonchev–Trinajstić information content (AvgIpc) is 3.18. The van der Waals surface area contributed by atoms with Crippen LogP contribution < -0.4 is 4.90 Å². The fourth-order valence-electron chi connectivity index (χ4n) is 3.14. The van der Waals surface area contributed by atoms with Crippen LogP contribution in [0.1, 0.15) is 29.8 Å². The van der Waals surface area contributed by atoms with Crippen molar-refractivity contribution in [2.45, 2.75) is 31.3 Å². The zero-order valence-corrected chi connectivity index (χ0v) is 13.2. The second kappa shape index (κ2) is 5.84. The predicted octanol–water partition coefficient (Wildman–Crippen LogP) is 2.36. The molecule has 2 aliphatic rings. The van der Waals surface area contributed by atoms with Crippen LogP contribution in [0.2, 0.25) is 0 Å². The number of anilines is 1. The van der Waals surface area contributed by atoms with E-state index in [1.165, 1.54) is 41.5 Å². The Kier molecular flexibility index (Phi) is 3.63. The van der Waals surface area contributed by atoms with E-state index in [-0.39, 0.29) is 24.1 Å². The standard InChI is InChI=1S/C18H15FN2O4/c19-11-3-5-13(6-4-11)21-16(22)10-14(17(21)23)20(12-7-8-12)18(24)15-2-1-9-25-15/h1-6,9,12,14H,7-8,10H2. The third-order valence-corrected chi connectivity index (χ3v) is 4.45. The van der Waals surface area contributed by atoms with Crippen molar-refractivity contribution >= 4 is 23.4 Å². The van der Waals surface area contributed by atoms with Gasteiger partial charge in [-0.3, -0.25) is 14.4 Å². The number of amides is 3. The molecule has 1 aromatic carbocycles. The first kappa shape index (κ1) is 15.6. The van der Waals surface area contributed by atoms with E-state index < -0.39 is 23.7 Å². The lowest BCUT2D eigenvalue weighted by molar-refractivity contribution is -0.122. The minimum atomic E-state index is -0.859. The quantitative estimate of drug-likeness (QED) is 0.800. The number of carbonyl (C=O) groups excluding carboxylic acids is 3. The largest absolute Gasteiger partial charge is 0.459 e. The molecule has 1 aromatic heterocycles. The SMILES string of the molecule is O=C1CC(N(C(=O)c2ccco2)C2CC2)C(=O)N1c1ccc(F)cc1. The highest BCUT2D eigenvalue weighted by Gasteiger charge is 2.49. The molecule has 1 saturated carbocycles. The van der Waals surface area contributed by atoms with E-state index in [0.29, 0.717) is 5.69 Å². The smallest absolute Gasteiger partial charge is 0.290 e. The fraction of sp³-hybridized carbons (Fsp3) is 0.278. The number of furan rings is 1. The van der Waals surface area contributed by atoms with Crippen molar-refractivity contribution in [3.63, 3.8) is 0 Å². The van der Waals surface area contributed by atoms with Gasteiger partial charge in [0.15, 0.2) is 5.76 Å². The van der Waals surface area contributed by atoms with Crippen molar-refractivity contribution in [3.05, 3.63) is 54.2 Å². The second-order valence-corrected chi connectivity index (χ2v) is 6.18. The van der Waals surface area contributed by atoms with Gasteiger partial charge < -0.3 is 9.32 Å². The van der Waals surface area contributed by atoms with Crippen molar-refractivity contribution in [2.24, 2.45) is 0 Å². The zero-order valence-electron chi connectivity index (χ0n) is 13.2. The molecule has 1 saturated heterocycles. The summed E-state index contributed by atoms with van der Waals surface area (Å²) in [5.74, 6) is -1.57. The second-order valence-electron chi connectivity index (χ2n) is 6.18. The summed E-state index contributed by atoms with van der Waals surface area (Å²) in [6, 6.07) is 7.36. The van der Waals surface area contributed by atoms with Crippen LogP contribution in [0.5, 0.6) is 0 Å². The molecule has 1 aliphatic carbocycles. The fourth-order valence-corrected chi connectivity index (χ4v) is 3.14. The van der Waals surface area contributed by atoms with E-state index in [9.17, 15) is 18.8 Å². The highest BCUT2D eigenvalue weighted by atomic mass is 19.1. The molecule has 128 valence electrons. The number of rotatable bonds is 4. The lowest BCUT2D eigenvalue weighted by Gasteiger charge is -2.26. The molecule has 7 heteroatoms. The van der Waals surface area contributed by atoms with E-state index in [2.05, 4.69) is 0 Å². The average molecular weight is 342 g/mol. The number of benzene rings is 1. The zero-order chi connectivity index (χ0) is 17.6. The van der Waals surface area contributed by atoms with Gasteiger partial charge in [0.25, 0.3) is 11.8 Å². The highest BCUT2D eigenvalue weighted by molar-refractivity contribution is 6.23. The third kappa shape index (κ3) is 2.71. The maximum Gasteiger partial charge on any atom is 0.290 e. The van der Waals surface area contributed by atoms with Crippen LogP contribution in [0.25, 0.3) is 0 Å². The van der Waals surface area contributed by atoms with Crippen molar-refractivity contribution in [3.8, 4) is 0 Å². The van der Waals surface area contributed by atoms with E-state index in [1.54, 1.807) is 6.07 Å². The molecular weight excluding hydrogens is 327 g/mol. The summed E-state index contributed by atoms with van der Waals surface area (Å²) in [7, 11) is 0. The first-order chi connectivity index (χ1) is 12.1. The molecule has 1 atom stereocenters. The van der Waals surface area contributed by atoms with Gasteiger partial charge in [-0.25, -0.2) is 9.29 Å². The molecule has 0 bridgehead atoms. The summed E-state index contributed by atoms with van der Waals surface area (Å²) in [6.45, 7) is 0. The van der Waals surface area contributed by atoms with Gasteiger partial charge >= 0.3 is 0 Å². The number of halogens is 1. The van der Waals surface area contributed by atoms with Crippen molar-refractivity contribution in [2.75, 3.05) is 4.90 Å². The molecule has 0 N–H and O–H groups in total. The number of imide groups is 1. The third-order valence-electron chi connectivity index (χ3n) is 4.45. The van der Waals surface area contributed by atoms with Gasteiger partial charge in [0.1, 0.15) is 11.9 Å². The first-order valence-electron chi connectivity index (χ1n) is 8.05. The van der Waals surface area contributed by atoms with Gasteiger partial charge in [-0.15, -0.1) is 0 Å². The van der Waals surface area contributed by atoms with Crippen LogP contribution in [-0.2, 0) is 9.59 Å². The van der Waals surface area contributed by atoms with Crippen LogP contribution in [-0.4, -0.2) is 34.7 Å². The van der Waals surface area contributed by atoms with Crippen LogP contribution in [0.3, 0.4) is 0 Å². The lowest BCUT2D eigenvalue weighted by Crippen LogP contribution is -2.46. The topological polar surface area (TPSA) is 70.8 Å². The Morgan fingerprint density at radius 3 is 2.48 bits per heavy atom. The Labute approximate surface area is 142 Å². The monoisotopic (exact) mass is 342 g/mol. The Morgan fingerprint density at radius 1 is 1.16 bits per heavy atom. The van der Waals surface area contributed by atoms with E-state index in [4.69, 9.17) is 4.42 Å². The summed E-state index contributed by atoms with van der Waals surface area (Å²) >= 11 is 0. The molecule has 3 amide bonds. The summed E-state index contributed by atoms with van der Waals surface area (Å²) in [4.78, 5) is 40.4. The Bertz CT molecular complexity index is 827. The summed E-state index contributed by atoms with van der Waals surface area (Å²) in [5.41, 5.74) is 0.306. The molecule has 2 heterocycles. The minimum Gasteiger partial charge on any atom is -0.459 e. The van der Waals surface area contributed by atoms with Gasteiger partial charge in [0.05, 0.1) is 18.4 Å². The maximum absolute atomic E-state index is 13.1. The molecule has 2 fully saturated rings. The van der Waals surface area contributed by atoms with Gasteiger partial charge in [-0.05, 0) is 49.2 Å². The molecule has 2 aromatic rings. The Morgan fingerprint density at radius 2 is 1.88 bits per heavy atom. The van der Waals surface area contributed by atoms with Gasteiger partial charge in [0.2, 0.25) is 5.91 Å². The van der Waals surface area contributed by atoms with Crippen LogP contribution in [0, 0.1) is 5.82 Å². The number of carbonyl (C=O) groups is 3. The Balaban J connectivity index is 1.63. The molecule has 6 nitrogen and oxygen atoms in total. The summed E-state index contributed by atoms with van der Waals surface area (Å²) in [5, 5.41) is 0. The summed E-state index contributed by atoms with van der Waals surface area (Å²) < 4.78 is 18.3. The van der Waals surface area contributed by atoms with Crippen molar-refractivity contribution < 1.29 is 23.2 Å². The number of nitrogens with zero attached hydrogens (tertiary/aromatic N) is 2. The van der Waals surface area contributed by atoms with Crippen molar-refractivity contribution in [1.82, 2.24) is 4.90 Å². The van der Waals surface area contributed by atoms with Crippen LogP contribution >= 0.6 is 0 Å². The van der Waals surface area contributed by atoms with E-state index in [0.717, 1.165) is 17.7 Å². The maximum atomic E-state index is 13.1. The molecule has 1 unspecified atom stereocenters. The predicted molar refractivity (Wildman–Crippen MR) is 85.2 cm³/mol. The molecule has 1 aliphatic heterocycles. The Hall–Kier alpha value is -2.96. The van der Waals surface area contributed by atoms with E-state index >= 15 is 0 Å². The van der Waals surface area contributed by atoms with Crippen LogP contribution in [0.15, 0.2) is 47.1 Å². The van der Waals surface area contributed by atoms with Crippen LogP contribution in [0.4, 0.5) is 10.1 Å². The molecule has 0 spiro atoms. The molecule has 0 radical (unpaired) electrons. The molecular formula is C18H15FN2O4. The van der Waals surface area contributed by atoms with Gasteiger partial charge in [-0.2, -0.15) is 0 Å². The highest BCUT2D eigenvalue weighted by Crippen LogP contribution is 2.35. The number of hydrogen-bond acceptors (Lipinski definition) is 4. The molecule has 4 rings (SSSR count). The summed E-state index contributed by atoms with van der Waals surface area (Å²) in [6.07, 6.45) is 2.89. The van der Waals surface area contributed by atoms with E-state index in [1.807, 2.05) is 0 Å². The minimum absolute atomic E-state index is 0.0625. The number of hydrogen-bond donors (Lipinski definition) is 0.